The topological polar surface area (TPSA) is 32.7 Å². The molecule has 3 aromatic rings. The fraction of sp³-hybridized carbons (Fsp3) is 0.333. The van der Waals surface area contributed by atoms with Gasteiger partial charge in [0.2, 0.25) is 0 Å². The van der Waals surface area contributed by atoms with Gasteiger partial charge < -0.3 is 14.7 Å². The Morgan fingerprint density at radius 1 is 0.903 bits per heavy atom. The summed E-state index contributed by atoms with van der Waals surface area (Å²) < 4.78 is 6.07. The van der Waals surface area contributed by atoms with Crippen molar-refractivity contribution in [1.82, 2.24) is 4.90 Å². The van der Waals surface area contributed by atoms with Gasteiger partial charge in [0.25, 0.3) is 0 Å². The zero-order chi connectivity index (χ0) is 21.2. The molecule has 0 saturated carbocycles. The number of hydrogen-bond donors (Lipinski definition) is 1. The van der Waals surface area contributed by atoms with Crippen molar-refractivity contribution in [2.24, 2.45) is 0 Å². The van der Waals surface area contributed by atoms with Gasteiger partial charge >= 0.3 is 0 Å². The van der Waals surface area contributed by atoms with E-state index in [0.717, 1.165) is 29.3 Å². The third-order valence-electron chi connectivity index (χ3n) is 6.71. The number of hydrogen-bond acceptors (Lipinski definition) is 3. The Bertz CT molecular complexity index is 1030. The highest BCUT2D eigenvalue weighted by atomic mass is 35.5. The molecule has 0 bridgehead atoms. The highest BCUT2D eigenvalue weighted by Gasteiger charge is 2.33. The van der Waals surface area contributed by atoms with E-state index in [1.807, 2.05) is 18.2 Å². The van der Waals surface area contributed by atoms with E-state index in [1.165, 1.54) is 42.6 Å². The number of nitrogens with zero attached hydrogens (tertiary/aromatic N) is 1. The van der Waals surface area contributed by atoms with Crippen molar-refractivity contribution < 1.29 is 9.84 Å². The molecule has 0 amide bonds. The van der Waals surface area contributed by atoms with Crippen LogP contribution in [0.5, 0.6) is 11.5 Å². The molecule has 0 aromatic heterocycles. The highest BCUT2D eigenvalue weighted by molar-refractivity contribution is 6.30. The third-order valence-corrected chi connectivity index (χ3v) is 6.96. The van der Waals surface area contributed by atoms with Crippen molar-refractivity contribution >= 4 is 11.6 Å². The van der Waals surface area contributed by atoms with Crippen molar-refractivity contribution in [3.8, 4) is 11.5 Å². The molecule has 1 N–H and O–H groups in total. The largest absolute Gasteiger partial charge is 0.508 e. The summed E-state index contributed by atoms with van der Waals surface area (Å²) in [5.41, 5.74) is 5.00. The smallest absolute Gasteiger partial charge is 0.126 e. The van der Waals surface area contributed by atoms with E-state index >= 15 is 0 Å². The van der Waals surface area contributed by atoms with E-state index in [1.54, 1.807) is 12.1 Å². The SMILES string of the molecule is Oc1ccc2c(c1)OC[C@H](c1ccc(Cl)cc1)[C@@H]2c1ccc(CCN2CCCC2)cc1. The predicted molar refractivity (Wildman–Crippen MR) is 125 cm³/mol. The zero-order valence-electron chi connectivity index (χ0n) is 17.6. The molecule has 1 saturated heterocycles. The lowest BCUT2D eigenvalue weighted by molar-refractivity contribution is 0.248. The molecule has 160 valence electrons. The summed E-state index contributed by atoms with van der Waals surface area (Å²) >= 11 is 6.13. The lowest BCUT2D eigenvalue weighted by Gasteiger charge is -2.34. The Morgan fingerprint density at radius 3 is 2.35 bits per heavy atom. The average molecular weight is 434 g/mol. The van der Waals surface area contributed by atoms with E-state index in [-0.39, 0.29) is 17.6 Å². The molecule has 2 aliphatic heterocycles. The van der Waals surface area contributed by atoms with Crippen LogP contribution in [-0.4, -0.2) is 36.2 Å². The Labute approximate surface area is 189 Å². The monoisotopic (exact) mass is 433 g/mol. The van der Waals surface area contributed by atoms with Gasteiger partial charge in [0.15, 0.2) is 0 Å². The number of phenols is 1. The molecule has 3 aromatic carbocycles. The molecule has 4 heteroatoms. The molecular weight excluding hydrogens is 406 g/mol. The molecule has 2 heterocycles. The fourth-order valence-electron chi connectivity index (χ4n) is 4.99. The van der Waals surface area contributed by atoms with Crippen molar-refractivity contribution in [1.29, 1.82) is 0 Å². The second-order valence-electron chi connectivity index (χ2n) is 8.71. The number of halogens is 1. The second kappa shape index (κ2) is 8.94. The molecular formula is C27H28ClNO2. The van der Waals surface area contributed by atoms with Crippen LogP contribution in [0.25, 0.3) is 0 Å². The van der Waals surface area contributed by atoms with E-state index in [9.17, 15) is 5.11 Å². The Hall–Kier alpha value is -2.49. The highest BCUT2D eigenvalue weighted by Crippen LogP contribution is 2.47. The van der Waals surface area contributed by atoms with Crippen molar-refractivity contribution in [2.45, 2.75) is 31.1 Å². The van der Waals surface area contributed by atoms with E-state index in [4.69, 9.17) is 16.3 Å². The molecule has 5 rings (SSSR count). The van der Waals surface area contributed by atoms with Crippen LogP contribution >= 0.6 is 11.6 Å². The molecule has 0 radical (unpaired) electrons. The number of ether oxygens (including phenoxy) is 1. The van der Waals surface area contributed by atoms with Crippen LogP contribution in [0.3, 0.4) is 0 Å². The quantitative estimate of drug-likeness (QED) is 0.536. The summed E-state index contributed by atoms with van der Waals surface area (Å²) in [6.07, 6.45) is 3.77. The van der Waals surface area contributed by atoms with Crippen LogP contribution < -0.4 is 4.74 Å². The van der Waals surface area contributed by atoms with Gasteiger partial charge in [0.05, 0.1) is 6.61 Å². The predicted octanol–water partition coefficient (Wildman–Crippen LogP) is 5.99. The molecule has 2 atom stereocenters. The third kappa shape index (κ3) is 4.44. The van der Waals surface area contributed by atoms with Crippen LogP contribution in [0.1, 0.15) is 46.9 Å². The van der Waals surface area contributed by atoms with Crippen molar-refractivity contribution in [2.75, 3.05) is 26.2 Å². The van der Waals surface area contributed by atoms with Gasteiger partial charge in [-0.2, -0.15) is 0 Å². The summed E-state index contributed by atoms with van der Waals surface area (Å²) in [7, 11) is 0. The minimum absolute atomic E-state index is 0.165. The number of rotatable bonds is 5. The Kier molecular flexibility index (Phi) is 5.89. The van der Waals surface area contributed by atoms with Crippen molar-refractivity contribution in [3.63, 3.8) is 0 Å². The first-order valence-corrected chi connectivity index (χ1v) is 11.6. The van der Waals surface area contributed by atoms with Crippen LogP contribution in [0.15, 0.2) is 66.7 Å². The fourth-order valence-corrected chi connectivity index (χ4v) is 5.12. The molecule has 31 heavy (non-hydrogen) atoms. The standard InChI is InChI=1S/C27H28ClNO2/c28-22-9-7-20(8-10-22)25-18-31-26-17-23(30)11-12-24(26)27(25)21-5-3-19(4-6-21)13-16-29-14-1-2-15-29/h3-12,17,25,27,30H,1-2,13-16,18H2/t25-,27-/m1/s1. The normalized spacial score (nSPS) is 20.9. The first-order valence-electron chi connectivity index (χ1n) is 11.2. The van der Waals surface area contributed by atoms with Crippen LogP contribution in [0, 0.1) is 0 Å². The van der Waals surface area contributed by atoms with Gasteiger partial charge in [-0.15, -0.1) is 0 Å². The average Bonchev–Trinajstić information content (AvgIpc) is 3.32. The van der Waals surface area contributed by atoms with E-state index < -0.39 is 0 Å². The number of phenolic OH excluding ortho intramolecular Hbond substituents is 1. The molecule has 1 fully saturated rings. The lowest BCUT2D eigenvalue weighted by atomic mass is 9.75. The van der Waals surface area contributed by atoms with Gasteiger partial charge in [-0.25, -0.2) is 0 Å². The van der Waals surface area contributed by atoms with Gasteiger partial charge in [0, 0.05) is 35.0 Å². The number of fused-ring (bicyclic) bond motifs is 1. The number of likely N-dealkylation sites (tertiary alicyclic amines) is 1. The summed E-state index contributed by atoms with van der Waals surface area (Å²) in [5, 5.41) is 10.7. The minimum atomic E-state index is 0.165. The molecule has 0 unspecified atom stereocenters. The van der Waals surface area contributed by atoms with Crippen molar-refractivity contribution in [3.05, 3.63) is 94.0 Å². The molecule has 0 aliphatic carbocycles. The van der Waals surface area contributed by atoms with Crippen LogP contribution in [-0.2, 0) is 6.42 Å². The van der Waals surface area contributed by atoms with E-state index in [2.05, 4.69) is 41.3 Å². The van der Waals surface area contributed by atoms with Gasteiger partial charge in [-0.3, -0.25) is 0 Å². The number of aromatic hydroxyl groups is 1. The van der Waals surface area contributed by atoms with Crippen LogP contribution in [0.2, 0.25) is 5.02 Å². The summed E-state index contributed by atoms with van der Waals surface area (Å²) in [4.78, 5) is 2.56. The minimum Gasteiger partial charge on any atom is -0.508 e. The summed E-state index contributed by atoms with van der Waals surface area (Å²) in [6, 6.07) is 22.7. The first kappa shape index (κ1) is 20.4. The Morgan fingerprint density at radius 2 is 1.61 bits per heavy atom. The first-order chi connectivity index (χ1) is 15.2. The van der Waals surface area contributed by atoms with Gasteiger partial charge in [-0.1, -0.05) is 54.1 Å². The molecule has 0 spiro atoms. The molecule has 3 nitrogen and oxygen atoms in total. The summed E-state index contributed by atoms with van der Waals surface area (Å²) in [5.74, 6) is 1.36. The maximum Gasteiger partial charge on any atom is 0.126 e. The van der Waals surface area contributed by atoms with Gasteiger partial charge in [0.1, 0.15) is 11.5 Å². The van der Waals surface area contributed by atoms with E-state index in [0.29, 0.717) is 6.61 Å². The summed E-state index contributed by atoms with van der Waals surface area (Å²) in [6.45, 7) is 4.20. The van der Waals surface area contributed by atoms with Gasteiger partial charge in [-0.05, 0) is 67.2 Å². The molecule has 2 aliphatic rings. The Balaban J connectivity index is 1.44. The number of benzene rings is 3. The maximum absolute atomic E-state index is 9.95. The van der Waals surface area contributed by atoms with Crippen LogP contribution in [0.4, 0.5) is 0 Å². The zero-order valence-corrected chi connectivity index (χ0v) is 18.4. The second-order valence-corrected chi connectivity index (χ2v) is 9.15. The lowest BCUT2D eigenvalue weighted by Crippen LogP contribution is -2.25. The maximum atomic E-state index is 9.95.